The van der Waals surface area contributed by atoms with Crippen molar-refractivity contribution in [3.05, 3.63) is 35.4 Å². The normalized spacial score (nSPS) is 18.4. The van der Waals surface area contributed by atoms with Crippen molar-refractivity contribution in [2.24, 2.45) is 0 Å². The van der Waals surface area contributed by atoms with E-state index in [4.69, 9.17) is 9.47 Å². The minimum Gasteiger partial charge on any atom is -0.377 e. The summed E-state index contributed by atoms with van der Waals surface area (Å²) in [5.74, 6) is -1.21. The van der Waals surface area contributed by atoms with Crippen LogP contribution >= 0.6 is 0 Å². The Kier molecular flexibility index (Phi) is 7.39. The Balaban J connectivity index is 1.61. The summed E-state index contributed by atoms with van der Waals surface area (Å²) in [5.41, 5.74) is -0.0230. The van der Waals surface area contributed by atoms with Crippen LogP contribution in [0.1, 0.15) is 25.3 Å². The molecule has 1 fully saturated rings. The van der Waals surface area contributed by atoms with Crippen LogP contribution in [0.25, 0.3) is 0 Å². The molecule has 0 unspecified atom stereocenters. The van der Waals surface area contributed by atoms with Crippen LogP contribution in [0.2, 0.25) is 0 Å². The second-order valence-corrected chi connectivity index (χ2v) is 5.92. The first-order valence-electron chi connectivity index (χ1n) is 8.23. The molecule has 24 heavy (non-hydrogen) atoms. The predicted octanol–water partition coefficient (Wildman–Crippen LogP) is 2.39. The van der Waals surface area contributed by atoms with Crippen molar-refractivity contribution in [2.45, 2.75) is 38.3 Å². The molecule has 0 aliphatic carbocycles. The summed E-state index contributed by atoms with van der Waals surface area (Å²) in [6.45, 7) is 3.77. The van der Waals surface area contributed by atoms with Crippen LogP contribution in [0.5, 0.6) is 0 Å². The van der Waals surface area contributed by atoms with E-state index in [0.29, 0.717) is 19.8 Å². The predicted molar refractivity (Wildman–Crippen MR) is 85.9 cm³/mol. The van der Waals surface area contributed by atoms with Crippen LogP contribution < -0.4 is 10.6 Å². The molecule has 1 aliphatic rings. The van der Waals surface area contributed by atoms with E-state index in [9.17, 15) is 13.6 Å². The lowest BCUT2D eigenvalue weighted by Crippen LogP contribution is -2.43. The van der Waals surface area contributed by atoms with Gasteiger partial charge in [-0.05, 0) is 38.3 Å². The summed E-state index contributed by atoms with van der Waals surface area (Å²) >= 11 is 0. The highest BCUT2D eigenvalue weighted by atomic mass is 19.1. The second kappa shape index (κ2) is 9.54. The third-order valence-corrected chi connectivity index (χ3v) is 3.81. The molecule has 0 spiro atoms. The zero-order valence-corrected chi connectivity index (χ0v) is 13.8. The molecule has 2 atom stereocenters. The van der Waals surface area contributed by atoms with Crippen molar-refractivity contribution >= 4 is 6.03 Å². The lowest BCUT2D eigenvalue weighted by atomic mass is 10.1. The van der Waals surface area contributed by atoms with Gasteiger partial charge < -0.3 is 20.1 Å². The quantitative estimate of drug-likeness (QED) is 0.713. The topological polar surface area (TPSA) is 59.6 Å². The molecule has 1 heterocycles. The summed E-state index contributed by atoms with van der Waals surface area (Å²) < 4.78 is 38.0. The number of benzene rings is 1. The van der Waals surface area contributed by atoms with Crippen LogP contribution in [-0.4, -0.2) is 44.5 Å². The third-order valence-electron chi connectivity index (χ3n) is 3.81. The summed E-state index contributed by atoms with van der Waals surface area (Å²) in [6, 6.07) is 2.94. The highest BCUT2D eigenvalue weighted by Crippen LogP contribution is 2.14. The number of urea groups is 1. The molecule has 7 heteroatoms. The molecular weight excluding hydrogens is 318 g/mol. The minimum atomic E-state index is -0.605. The van der Waals surface area contributed by atoms with Crippen molar-refractivity contribution in [3.63, 3.8) is 0 Å². The number of halogens is 2. The molecule has 2 rings (SSSR count). The van der Waals surface area contributed by atoms with Gasteiger partial charge in [-0.1, -0.05) is 6.07 Å². The first kappa shape index (κ1) is 18.6. The van der Waals surface area contributed by atoms with Gasteiger partial charge in [0.15, 0.2) is 0 Å². The maximum atomic E-state index is 13.6. The molecule has 2 N–H and O–H groups in total. The van der Waals surface area contributed by atoms with Gasteiger partial charge >= 0.3 is 6.03 Å². The first-order chi connectivity index (χ1) is 11.6. The Morgan fingerprint density at radius 3 is 2.83 bits per heavy atom. The van der Waals surface area contributed by atoms with Gasteiger partial charge in [0.25, 0.3) is 0 Å². The number of carbonyl (C=O) groups excluding carboxylic acids is 1. The van der Waals surface area contributed by atoms with E-state index >= 15 is 0 Å². The zero-order chi connectivity index (χ0) is 17.4. The van der Waals surface area contributed by atoms with Gasteiger partial charge in [-0.15, -0.1) is 0 Å². The molecule has 1 aromatic rings. The molecule has 1 aliphatic heterocycles. The van der Waals surface area contributed by atoms with Gasteiger partial charge in [0.05, 0.1) is 19.3 Å². The number of hydrogen-bond donors (Lipinski definition) is 2. The average molecular weight is 342 g/mol. The van der Waals surface area contributed by atoms with E-state index in [1.165, 1.54) is 18.2 Å². The molecule has 0 aromatic heterocycles. The Morgan fingerprint density at radius 1 is 1.42 bits per heavy atom. The molecule has 0 saturated carbocycles. The van der Waals surface area contributed by atoms with E-state index in [2.05, 4.69) is 10.6 Å². The van der Waals surface area contributed by atoms with Crippen LogP contribution in [0.4, 0.5) is 13.6 Å². The Labute approximate surface area is 140 Å². The largest absolute Gasteiger partial charge is 0.377 e. The number of carbonyl (C=O) groups is 1. The van der Waals surface area contributed by atoms with Crippen molar-refractivity contribution in [2.75, 3.05) is 26.4 Å². The van der Waals surface area contributed by atoms with Crippen LogP contribution in [0, 0.1) is 11.6 Å². The highest BCUT2D eigenvalue weighted by Gasteiger charge is 2.16. The number of amides is 2. The van der Waals surface area contributed by atoms with Gasteiger partial charge in [0.1, 0.15) is 11.6 Å². The first-order valence-corrected chi connectivity index (χ1v) is 8.23. The van der Waals surface area contributed by atoms with Crippen molar-refractivity contribution in [3.8, 4) is 0 Å². The average Bonchev–Trinajstić information content (AvgIpc) is 3.04. The Hall–Kier alpha value is -1.73. The van der Waals surface area contributed by atoms with E-state index < -0.39 is 17.7 Å². The summed E-state index contributed by atoms with van der Waals surface area (Å²) in [6.07, 6.45) is 2.32. The number of nitrogens with one attached hydrogen (secondary N) is 2. The van der Waals surface area contributed by atoms with E-state index in [0.717, 1.165) is 19.4 Å². The van der Waals surface area contributed by atoms with Gasteiger partial charge in [0, 0.05) is 24.8 Å². The lowest BCUT2D eigenvalue weighted by Gasteiger charge is -2.16. The molecule has 0 bridgehead atoms. The van der Waals surface area contributed by atoms with E-state index in [-0.39, 0.29) is 24.1 Å². The zero-order valence-electron chi connectivity index (χ0n) is 13.8. The van der Waals surface area contributed by atoms with Gasteiger partial charge in [-0.25, -0.2) is 13.6 Å². The Morgan fingerprint density at radius 2 is 2.17 bits per heavy atom. The van der Waals surface area contributed by atoms with Crippen LogP contribution in [0.15, 0.2) is 18.2 Å². The van der Waals surface area contributed by atoms with E-state index in [1.54, 1.807) is 6.92 Å². The summed E-state index contributed by atoms with van der Waals surface area (Å²) in [5, 5.41) is 5.30. The third kappa shape index (κ3) is 6.05. The second-order valence-electron chi connectivity index (χ2n) is 5.92. The fourth-order valence-electron chi connectivity index (χ4n) is 2.59. The molecule has 134 valence electrons. The van der Waals surface area contributed by atoms with E-state index in [1.807, 2.05) is 0 Å². The summed E-state index contributed by atoms with van der Waals surface area (Å²) in [4.78, 5) is 11.7. The molecule has 2 amide bonds. The van der Waals surface area contributed by atoms with Gasteiger partial charge in [-0.3, -0.25) is 0 Å². The molecule has 1 saturated heterocycles. The molecular formula is C17H24F2N2O3. The molecule has 5 nitrogen and oxygen atoms in total. The smallest absolute Gasteiger partial charge is 0.315 e. The lowest BCUT2D eigenvalue weighted by molar-refractivity contribution is 0.0188. The van der Waals surface area contributed by atoms with Crippen molar-refractivity contribution in [1.82, 2.24) is 10.6 Å². The molecule has 1 aromatic carbocycles. The summed E-state index contributed by atoms with van der Waals surface area (Å²) in [7, 11) is 0. The monoisotopic (exact) mass is 342 g/mol. The maximum absolute atomic E-state index is 13.6. The van der Waals surface area contributed by atoms with Crippen LogP contribution in [0.3, 0.4) is 0 Å². The van der Waals surface area contributed by atoms with Crippen molar-refractivity contribution in [1.29, 1.82) is 0 Å². The Bertz CT molecular complexity index is 516. The maximum Gasteiger partial charge on any atom is 0.315 e. The molecule has 0 radical (unpaired) electrons. The standard InChI is InChI=1S/C17H24F2N2O3/c1-12(10-14-15(18)5-2-6-16(14)19)21-17(22)20-7-9-23-11-13-4-3-8-24-13/h2,5-6,12-13H,3-4,7-11H2,1H3,(H2,20,21,22)/t12-,13+/m0/s1. The van der Waals surface area contributed by atoms with Gasteiger partial charge in [0.2, 0.25) is 0 Å². The fourth-order valence-corrected chi connectivity index (χ4v) is 2.59. The SMILES string of the molecule is C[C@@H](Cc1c(F)cccc1F)NC(=O)NCCOC[C@H]1CCCO1. The van der Waals surface area contributed by atoms with Gasteiger partial charge in [-0.2, -0.15) is 0 Å². The van der Waals surface area contributed by atoms with Crippen molar-refractivity contribution < 1.29 is 23.0 Å². The van der Waals surface area contributed by atoms with Crippen LogP contribution in [-0.2, 0) is 15.9 Å². The number of ether oxygens (including phenoxy) is 2. The minimum absolute atomic E-state index is 0.0230. The number of hydrogen-bond acceptors (Lipinski definition) is 3. The fraction of sp³-hybridized carbons (Fsp3) is 0.588. The highest BCUT2D eigenvalue weighted by molar-refractivity contribution is 5.74. The number of rotatable bonds is 8.